The van der Waals surface area contributed by atoms with E-state index in [9.17, 15) is 14.4 Å². The Bertz CT molecular complexity index is 1430. The average Bonchev–Trinajstić information content (AvgIpc) is 3.38. The van der Waals surface area contributed by atoms with Crippen molar-refractivity contribution >= 4 is 17.9 Å². The molecule has 0 N–H and O–H groups in total. The van der Waals surface area contributed by atoms with Crippen LogP contribution in [0.1, 0.15) is 284 Å². The molecule has 1 unspecified atom stereocenters. The molecule has 0 aliphatic heterocycles. The van der Waals surface area contributed by atoms with Gasteiger partial charge < -0.3 is 14.2 Å². The lowest BCUT2D eigenvalue weighted by molar-refractivity contribution is -0.167. The summed E-state index contributed by atoms with van der Waals surface area (Å²) in [5.74, 6) is -0.912. The van der Waals surface area contributed by atoms with Crippen molar-refractivity contribution in [3.63, 3.8) is 0 Å². The highest BCUT2D eigenvalue weighted by molar-refractivity contribution is 5.71. The van der Waals surface area contributed by atoms with Crippen molar-refractivity contribution in [2.24, 2.45) is 0 Å². The molecular weight excluding hydrogens is 889 g/mol. The molecule has 0 saturated carbocycles. The van der Waals surface area contributed by atoms with E-state index in [1.807, 2.05) is 0 Å². The van der Waals surface area contributed by atoms with E-state index in [0.717, 1.165) is 116 Å². The Morgan fingerprint density at radius 2 is 0.556 bits per heavy atom. The summed E-state index contributed by atoms with van der Waals surface area (Å²) in [6, 6.07) is 0. The number of hydrogen-bond donors (Lipinski definition) is 0. The van der Waals surface area contributed by atoms with E-state index in [4.69, 9.17) is 14.2 Å². The van der Waals surface area contributed by atoms with Gasteiger partial charge in [-0.05, 0) is 116 Å². The molecule has 0 aromatic heterocycles. The van der Waals surface area contributed by atoms with Gasteiger partial charge in [0.15, 0.2) is 6.10 Å². The standard InChI is InChI=1S/C66H112O6/c1-4-7-10-13-16-19-22-24-26-28-30-31-32-33-34-35-36-38-39-41-44-47-50-53-56-59-65(68)71-62-63(61-70-64(67)58-55-52-49-46-43-21-18-15-12-9-6-3)72-66(69)60-57-54-51-48-45-42-40-37-29-27-25-23-20-17-14-11-8-5-2/h7,10,15-16,18-19,24,26-27,29-31,33-34,36,38,63H,4-6,8-9,11-14,17,20-23,25,28,32,35,37,39-62H2,1-3H3/b10-7-,18-15-,19-16-,26-24-,29-27-,31-30-,34-33-,38-36-. The molecule has 0 bridgehead atoms. The first-order valence-corrected chi connectivity index (χ1v) is 30.2. The molecule has 0 amide bonds. The minimum Gasteiger partial charge on any atom is -0.462 e. The van der Waals surface area contributed by atoms with Crippen LogP contribution in [0.5, 0.6) is 0 Å². The molecule has 6 heteroatoms. The Labute approximate surface area is 445 Å². The maximum absolute atomic E-state index is 12.9. The molecule has 0 aliphatic rings. The van der Waals surface area contributed by atoms with Crippen LogP contribution >= 0.6 is 0 Å². The molecule has 0 fully saturated rings. The van der Waals surface area contributed by atoms with Crippen LogP contribution in [0.3, 0.4) is 0 Å². The number of carbonyl (C=O) groups excluding carboxylic acids is 3. The lowest BCUT2D eigenvalue weighted by Gasteiger charge is -2.18. The highest BCUT2D eigenvalue weighted by Crippen LogP contribution is 2.15. The lowest BCUT2D eigenvalue weighted by atomic mass is 10.1. The van der Waals surface area contributed by atoms with Crippen LogP contribution in [0, 0.1) is 0 Å². The second-order valence-corrected chi connectivity index (χ2v) is 19.9. The van der Waals surface area contributed by atoms with E-state index in [0.29, 0.717) is 19.3 Å². The summed E-state index contributed by atoms with van der Waals surface area (Å²) in [6.45, 7) is 6.48. The summed E-state index contributed by atoms with van der Waals surface area (Å²) in [4.78, 5) is 38.2. The molecule has 0 aromatic carbocycles. The largest absolute Gasteiger partial charge is 0.462 e. The molecule has 0 heterocycles. The van der Waals surface area contributed by atoms with Crippen molar-refractivity contribution in [3.05, 3.63) is 97.2 Å². The van der Waals surface area contributed by atoms with Gasteiger partial charge in [0.25, 0.3) is 0 Å². The fourth-order valence-corrected chi connectivity index (χ4v) is 8.25. The molecule has 72 heavy (non-hydrogen) atoms. The number of ether oxygens (including phenoxy) is 3. The minimum absolute atomic E-state index is 0.0882. The van der Waals surface area contributed by atoms with E-state index >= 15 is 0 Å². The van der Waals surface area contributed by atoms with Crippen LogP contribution < -0.4 is 0 Å². The summed E-state index contributed by atoms with van der Waals surface area (Å²) >= 11 is 0. The fraction of sp³-hybridized carbons (Fsp3) is 0.712. The first kappa shape index (κ1) is 68.3. The molecule has 1 atom stereocenters. The molecule has 0 aromatic rings. The van der Waals surface area contributed by atoms with E-state index in [-0.39, 0.29) is 31.1 Å². The SMILES string of the molecule is CC/C=C\C/C=C\C/C=C\C/C=C\C/C=C\C/C=C\CCCCCCCCC(=O)OCC(COC(=O)CCCCCCC/C=C\CCCC)OC(=O)CCCCCCCCC/C=C\CCCCCCCCC. The summed E-state index contributed by atoms with van der Waals surface area (Å²) in [7, 11) is 0. The predicted octanol–water partition coefficient (Wildman–Crippen LogP) is 20.5. The Morgan fingerprint density at radius 1 is 0.292 bits per heavy atom. The Morgan fingerprint density at radius 3 is 0.903 bits per heavy atom. The number of allylic oxidation sites excluding steroid dienone is 16. The highest BCUT2D eigenvalue weighted by atomic mass is 16.6. The smallest absolute Gasteiger partial charge is 0.306 e. The number of carbonyl (C=O) groups is 3. The quantitative estimate of drug-likeness (QED) is 0.0261. The van der Waals surface area contributed by atoms with Crippen molar-refractivity contribution in [1.82, 2.24) is 0 Å². The van der Waals surface area contributed by atoms with Crippen molar-refractivity contribution in [3.8, 4) is 0 Å². The topological polar surface area (TPSA) is 78.9 Å². The van der Waals surface area contributed by atoms with Gasteiger partial charge in [-0.25, -0.2) is 0 Å². The predicted molar refractivity (Wildman–Crippen MR) is 311 cm³/mol. The summed E-state index contributed by atoms with van der Waals surface area (Å²) in [5.41, 5.74) is 0. The third-order valence-corrected chi connectivity index (χ3v) is 12.8. The molecular formula is C66H112O6. The molecule has 0 aliphatic carbocycles. The molecule has 412 valence electrons. The van der Waals surface area contributed by atoms with Crippen LogP contribution in [0.25, 0.3) is 0 Å². The van der Waals surface area contributed by atoms with Gasteiger partial charge in [-0.1, -0.05) is 246 Å². The summed E-state index contributed by atoms with van der Waals surface area (Å²) < 4.78 is 16.9. The highest BCUT2D eigenvalue weighted by Gasteiger charge is 2.19. The maximum Gasteiger partial charge on any atom is 0.306 e. The Balaban J connectivity index is 4.35. The molecule has 0 radical (unpaired) electrons. The second kappa shape index (κ2) is 59.9. The molecule has 0 saturated heterocycles. The zero-order valence-electron chi connectivity index (χ0n) is 47.2. The zero-order chi connectivity index (χ0) is 52.2. The van der Waals surface area contributed by atoms with Crippen molar-refractivity contribution in [2.75, 3.05) is 13.2 Å². The van der Waals surface area contributed by atoms with Gasteiger partial charge in [0.05, 0.1) is 0 Å². The molecule has 0 spiro atoms. The van der Waals surface area contributed by atoms with E-state index < -0.39 is 6.10 Å². The number of unbranched alkanes of at least 4 members (excludes halogenated alkanes) is 27. The van der Waals surface area contributed by atoms with Crippen LogP contribution in [-0.2, 0) is 28.6 Å². The average molecular weight is 1000 g/mol. The summed E-state index contributed by atoms with van der Waals surface area (Å²) in [6.07, 6.45) is 79.7. The summed E-state index contributed by atoms with van der Waals surface area (Å²) in [5, 5.41) is 0. The van der Waals surface area contributed by atoms with E-state index in [1.165, 1.54) is 128 Å². The van der Waals surface area contributed by atoms with Crippen LogP contribution in [0.4, 0.5) is 0 Å². The van der Waals surface area contributed by atoms with Gasteiger partial charge in [-0.2, -0.15) is 0 Å². The first-order valence-electron chi connectivity index (χ1n) is 30.2. The van der Waals surface area contributed by atoms with Gasteiger partial charge in [0.2, 0.25) is 0 Å². The molecule has 6 nitrogen and oxygen atoms in total. The van der Waals surface area contributed by atoms with Crippen LogP contribution in [0.2, 0.25) is 0 Å². The lowest BCUT2D eigenvalue weighted by Crippen LogP contribution is -2.30. The monoisotopic (exact) mass is 1000 g/mol. The van der Waals surface area contributed by atoms with Crippen LogP contribution in [-0.4, -0.2) is 37.2 Å². The first-order chi connectivity index (χ1) is 35.5. The third-order valence-electron chi connectivity index (χ3n) is 12.8. The zero-order valence-corrected chi connectivity index (χ0v) is 47.2. The van der Waals surface area contributed by atoms with E-state index in [2.05, 4.69) is 118 Å². The van der Waals surface area contributed by atoms with Gasteiger partial charge >= 0.3 is 17.9 Å². The minimum atomic E-state index is -0.790. The van der Waals surface area contributed by atoms with Crippen LogP contribution in [0.15, 0.2) is 97.2 Å². The van der Waals surface area contributed by atoms with E-state index in [1.54, 1.807) is 0 Å². The maximum atomic E-state index is 12.9. The second-order valence-electron chi connectivity index (χ2n) is 19.9. The number of hydrogen-bond acceptors (Lipinski definition) is 6. The Kier molecular flexibility index (Phi) is 56.8. The fourth-order valence-electron chi connectivity index (χ4n) is 8.25. The third kappa shape index (κ3) is 57.2. The number of esters is 3. The number of rotatable bonds is 54. The van der Waals surface area contributed by atoms with Crippen molar-refractivity contribution < 1.29 is 28.6 Å². The molecule has 0 rings (SSSR count). The Hall–Kier alpha value is -3.67. The van der Waals surface area contributed by atoms with Crippen molar-refractivity contribution in [1.29, 1.82) is 0 Å². The van der Waals surface area contributed by atoms with Gasteiger partial charge in [0, 0.05) is 19.3 Å². The van der Waals surface area contributed by atoms with Gasteiger partial charge in [0.1, 0.15) is 13.2 Å². The van der Waals surface area contributed by atoms with Crippen molar-refractivity contribution in [2.45, 2.75) is 290 Å². The van der Waals surface area contributed by atoms with Gasteiger partial charge in [-0.15, -0.1) is 0 Å². The van der Waals surface area contributed by atoms with Gasteiger partial charge in [-0.3, -0.25) is 14.4 Å². The normalized spacial score (nSPS) is 12.8.